The summed E-state index contributed by atoms with van der Waals surface area (Å²) in [6, 6.07) is 0. The van der Waals surface area contributed by atoms with Crippen LogP contribution in [0, 0.1) is 0 Å². The molecule has 62 valence electrons. The van der Waals surface area contributed by atoms with E-state index in [0.717, 1.165) is 19.6 Å². The molecule has 0 radical (unpaired) electrons. The van der Waals surface area contributed by atoms with E-state index in [1.165, 1.54) is 0 Å². The molecule has 2 aliphatic rings. The first-order valence-electron chi connectivity index (χ1n) is 3.94. The summed E-state index contributed by atoms with van der Waals surface area (Å²) < 4.78 is 0. The quantitative estimate of drug-likeness (QED) is 0.391. The summed E-state index contributed by atoms with van der Waals surface area (Å²) in [4.78, 5) is 5.12. The Hall–Kier alpha value is -0.420. The highest BCUT2D eigenvalue weighted by atomic mass is 16.6. The van der Waals surface area contributed by atoms with Gasteiger partial charge in [0.1, 0.15) is 5.66 Å². The van der Waals surface area contributed by atoms with Crippen LogP contribution in [0.25, 0.3) is 0 Å². The maximum Gasteiger partial charge on any atom is 0.123 e. The van der Waals surface area contributed by atoms with Gasteiger partial charge in [0.15, 0.2) is 0 Å². The second kappa shape index (κ2) is 2.91. The minimum absolute atomic E-state index is 0.156. The lowest BCUT2D eigenvalue weighted by molar-refractivity contribution is -0.0195. The lowest BCUT2D eigenvalue weighted by Gasteiger charge is -2.38. The number of piperazine rings is 1. The molecule has 4 heteroatoms. The molecule has 0 aliphatic carbocycles. The molecule has 1 spiro atoms. The van der Waals surface area contributed by atoms with E-state index in [1.807, 2.05) is 6.08 Å². The molecule has 0 aromatic carbocycles. The van der Waals surface area contributed by atoms with Crippen LogP contribution in [0.5, 0.6) is 0 Å². The molecule has 1 atom stereocenters. The second-order valence-electron chi connectivity index (χ2n) is 2.89. The van der Waals surface area contributed by atoms with Crippen molar-refractivity contribution in [3.8, 4) is 0 Å². The number of hydrogen-bond donors (Lipinski definition) is 3. The first-order valence-corrected chi connectivity index (χ1v) is 3.94. The average Bonchev–Trinajstić information content (AvgIpc) is 2.07. The van der Waals surface area contributed by atoms with E-state index in [-0.39, 0.29) is 5.66 Å². The van der Waals surface area contributed by atoms with Gasteiger partial charge in [0.2, 0.25) is 0 Å². The zero-order valence-corrected chi connectivity index (χ0v) is 6.39. The highest BCUT2D eigenvalue weighted by Crippen LogP contribution is 2.07. The van der Waals surface area contributed by atoms with Crippen molar-refractivity contribution in [1.29, 1.82) is 0 Å². The van der Waals surface area contributed by atoms with Crippen molar-refractivity contribution in [2.24, 2.45) is 0 Å². The van der Waals surface area contributed by atoms with Gasteiger partial charge in [-0.3, -0.25) is 10.2 Å². The minimum Gasteiger partial charge on any atom is -0.312 e. The fourth-order valence-electron chi connectivity index (χ4n) is 1.41. The second-order valence-corrected chi connectivity index (χ2v) is 2.89. The van der Waals surface area contributed by atoms with Crippen LogP contribution in [0.2, 0.25) is 0 Å². The fraction of sp³-hybridized carbons (Fsp3) is 0.714. The summed E-state index contributed by atoms with van der Waals surface area (Å²) in [6.45, 7) is 3.53. The molecule has 2 heterocycles. The minimum atomic E-state index is -0.156. The summed E-state index contributed by atoms with van der Waals surface area (Å²) in [5.41, 5.74) is 2.82. The Morgan fingerprint density at radius 3 is 3.00 bits per heavy atom. The molecule has 0 amide bonds. The van der Waals surface area contributed by atoms with E-state index in [4.69, 9.17) is 4.84 Å². The Kier molecular flexibility index (Phi) is 1.91. The molecule has 1 fully saturated rings. The fourth-order valence-corrected chi connectivity index (χ4v) is 1.41. The van der Waals surface area contributed by atoms with E-state index in [2.05, 4.69) is 22.2 Å². The highest BCUT2D eigenvalue weighted by Gasteiger charge is 2.30. The van der Waals surface area contributed by atoms with Crippen LogP contribution in [-0.2, 0) is 4.84 Å². The van der Waals surface area contributed by atoms with Gasteiger partial charge in [0.25, 0.3) is 0 Å². The third-order valence-electron chi connectivity index (χ3n) is 1.98. The third-order valence-corrected chi connectivity index (χ3v) is 1.98. The highest BCUT2D eigenvalue weighted by molar-refractivity contribution is 5.08. The lowest BCUT2D eigenvalue weighted by Crippen LogP contribution is -2.66. The van der Waals surface area contributed by atoms with E-state index in [9.17, 15) is 0 Å². The summed E-state index contributed by atoms with van der Waals surface area (Å²) >= 11 is 0. The molecule has 0 saturated carbocycles. The number of hydrogen-bond acceptors (Lipinski definition) is 4. The van der Waals surface area contributed by atoms with Crippen LogP contribution in [0.3, 0.4) is 0 Å². The van der Waals surface area contributed by atoms with E-state index in [1.54, 1.807) is 0 Å². The summed E-state index contributed by atoms with van der Waals surface area (Å²) in [6.07, 6.45) is 4.14. The van der Waals surface area contributed by atoms with Gasteiger partial charge in [-0.1, -0.05) is 6.08 Å². The van der Waals surface area contributed by atoms with Gasteiger partial charge in [-0.05, 0) is 6.08 Å². The van der Waals surface area contributed by atoms with Gasteiger partial charge in [-0.2, -0.15) is 5.48 Å². The van der Waals surface area contributed by atoms with Crippen molar-refractivity contribution >= 4 is 0 Å². The smallest absolute Gasteiger partial charge is 0.123 e. The maximum absolute atomic E-state index is 5.12. The van der Waals surface area contributed by atoms with Crippen molar-refractivity contribution in [1.82, 2.24) is 16.1 Å². The molecule has 2 aliphatic heterocycles. The van der Waals surface area contributed by atoms with Gasteiger partial charge in [0.05, 0.1) is 6.61 Å². The molecule has 3 N–H and O–H groups in total. The van der Waals surface area contributed by atoms with E-state index in [0.29, 0.717) is 6.61 Å². The molecular weight excluding hydrogens is 142 g/mol. The number of rotatable bonds is 0. The summed E-state index contributed by atoms with van der Waals surface area (Å²) in [5, 5.41) is 6.64. The van der Waals surface area contributed by atoms with Crippen LogP contribution in [0.15, 0.2) is 12.2 Å². The molecule has 0 aromatic rings. The predicted octanol–water partition coefficient (Wildman–Crippen LogP) is -1.03. The Labute approximate surface area is 65.9 Å². The monoisotopic (exact) mass is 155 g/mol. The molecular formula is C7H13N3O. The zero-order chi connectivity index (χ0) is 7.57. The standard InChI is InChI=1S/C7H13N3O/c1-2-7(10-11-5-1)6-8-3-4-9-7/h1-2,8-10H,3-6H2. The van der Waals surface area contributed by atoms with Gasteiger partial charge >= 0.3 is 0 Å². The van der Waals surface area contributed by atoms with Crippen LogP contribution in [-0.4, -0.2) is 31.9 Å². The molecule has 2 rings (SSSR count). The normalized spacial score (nSPS) is 37.8. The SMILES string of the molecule is C1=CC2(CNCCN2)NOC1. The Bertz CT molecular complexity index is 163. The lowest BCUT2D eigenvalue weighted by atomic mass is 10.1. The van der Waals surface area contributed by atoms with Crippen LogP contribution < -0.4 is 16.1 Å². The predicted molar refractivity (Wildman–Crippen MR) is 41.8 cm³/mol. The van der Waals surface area contributed by atoms with Crippen LogP contribution in [0.4, 0.5) is 0 Å². The molecule has 1 saturated heterocycles. The van der Waals surface area contributed by atoms with Gasteiger partial charge in [-0.15, -0.1) is 0 Å². The first kappa shape index (κ1) is 7.24. The Balaban J connectivity index is 2.06. The maximum atomic E-state index is 5.12. The van der Waals surface area contributed by atoms with Gasteiger partial charge in [-0.25, -0.2) is 0 Å². The number of hydroxylamine groups is 1. The van der Waals surface area contributed by atoms with Crippen molar-refractivity contribution < 1.29 is 4.84 Å². The molecule has 1 unspecified atom stereocenters. The Morgan fingerprint density at radius 1 is 1.36 bits per heavy atom. The van der Waals surface area contributed by atoms with Gasteiger partial charge in [0, 0.05) is 19.6 Å². The number of nitrogens with one attached hydrogen (secondary N) is 3. The largest absolute Gasteiger partial charge is 0.312 e. The summed E-state index contributed by atoms with van der Waals surface area (Å²) in [5.74, 6) is 0. The van der Waals surface area contributed by atoms with Crippen LogP contribution >= 0.6 is 0 Å². The van der Waals surface area contributed by atoms with Crippen molar-refractivity contribution in [2.75, 3.05) is 26.2 Å². The zero-order valence-electron chi connectivity index (χ0n) is 6.39. The first-order chi connectivity index (χ1) is 5.41. The van der Waals surface area contributed by atoms with E-state index < -0.39 is 0 Å². The molecule has 11 heavy (non-hydrogen) atoms. The molecule has 0 bridgehead atoms. The van der Waals surface area contributed by atoms with Crippen LogP contribution in [0.1, 0.15) is 0 Å². The molecule has 4 nitrogen and oxygen atoms in total. The van der Waals surface area contributed by atoms with Crippen molar-refractivity contribution in [3.05, 3.63) is 12.2 Å². The van der Waals surface area contributed by atoms with Crippen molar-refractivity contribution in [2.45, 2.75) is 5.66 Å². The van der Waals surface area contributed by atoms with Crippen molar-refractivity contribution in [3.63, 3.8) is 0 Å². The third kappa shape index (κ3) is 1.44. The van der Waals surface area contributed by atoms with E-state index >= 15 is 0 Å². The van der Waals surface area contributed by atoms with Gasteiger partial charge < -0.3 is 5.32 Å². The Morgan fingerprint density at radius 2 is 2.36 bits per heavy atom. The topological polar surface area (TPSA) is 45.3 Å². The summed E-state index contributed by atoms with van der Waals surface area (Å²) in [7, 11) is 0. The average molecular weight is 155 g/mol. The molecule has 0 aromatic heterocycles.